The van der Waals surface area contributed by atoms with E-state index >= 15 is 0 Å². The summed E-state index contributed by atoms with van der Waals surface area (Å²) in [4.78, 5) is 30.8. The summed E-state index contributed by atoms with van der Waals surface area (Å²) in [5, 5.41) is 3.18. The molecular formula is C18H32N4O3. The third kappa shape index (κ3) is 5.31. The normalized spacial score (nSPS) is 26.5. The minimum atomic E-state index is 0.0693. The lowest BCUT2D eigenvalue weighted by atomic mass is 9.96. The number of carbonyl (C=O) groups excluding carboxylic acids is 2. The van der Waals surface area contributed by atoms with E-state index in [0.717, 1.165) is 25.9 Å². The molecule has 3 amide bonds. The van der Waals surface area contributed by atoms with Crippen molar-refractivity contribution < 1.29 is 14.3 Å². The third-order valence-electron chi connectivity index (χ3n) is 5.54. The number of urea groups is 1. The predicted octanol–water partition coefficient (Wildman–Crippen LogP) is 0.894. The van der Waals surface area contributed by atoms with Crippen LogP contribution in [0.2, 0.25) is 0 Å². The predicted molar refractivity (Wildman–Crippen MR) is 95.4 cm³/mol. The summed E-state index contributed by atoms with van der Waals surface area (Å²) in [5.74, 6) is 0.176. The third-order valence-corrected chi connectivity index (χ3v) is 5.54. The fourth-order valence-electron chi connectivity index (χ4n) is 3.96. The first-order valence-corrected chi connectivity index (χ1v) is 9.79. The molecule has 1 unspecified atom stereocenters. The number of nitrogens with one attached hydrogen (secondary N) is 1. The second kappa shape index (κ2) is 8.85. The maximum absolute atomic E-state index is 12.4. The molecule has 3 rings (SSSR count). The van der Waals surface area contributed by atoms with E-state index in [1.54, 1.807) is 0 Å². The number of ether oxygens (including phenoxy) is 1. The van der Waals surface area contributed by atoms with Gasteiger partial charge in [-0.3, -0.25) is 9.69 Å². The summed E-state index contributed by atoms with van der Waals surface area (Å²) in [5.41, 5.74) is 0. The molecule has 2 aliphatic heterocycles. The molecule has 7 heteroatoms. The van der Waals surface area contributed by atoms with E-state index in [2.05, 4.69) is 10.2 Å². The summed E-state index contributed by atoms with van der Waals surface area (Å²) in [6.07, 6.45) is 6.08. The summed E-state index contributed by atoms with van der Waals surface area (Å²) < 4.78 is 5.49. The van der Waals surface area contributed by atoms with Crippen LogP contribution in [0.1, 0.15) is 39.0 Å². The lowest BCUT2D eigenvalue weighted by molar-refractivity contribution is -0.139. The Labute approximate surface area is 150 Å². The van der Waals surface area contributed by atoms with Gasteiger partial charge in [0, 0.05) is 45.3 Å². The van der Waals surface area contributed by atoms with Gasteiger partial charge < -0.3 is 19.9 Å². The highest BCUT2D eigenvalue weighted by molar-refractivity contribution is 5.78. The maximum Gasteiger partial charge on any atom is 0.317 e. The molecule has 142 valence electrons. The lowest BCUT2D eigenvalue weighted by Crippen LogP contribution is -2.55. The van der Waals surface area contributed by atoms with Crippen LogP contribution in [0, 0.1) is 0 Å². The molecule has 3 fully saturated rings. The van der Waals surface area contributed by atoms with Crippen molar-refractivity contribution in [2.45, 2.75) is 51.2 Å². The van der Waals surface area contributed by atoms with Crippen LogP contribution in [0.15, 0.2) is 0 Å². The van der Waals surface area contributed by atoms with Crippen molar-refractivity contribution >= 4 is 11.9 Å². The van der Waals surface area contributed by atoms with Crippen LogP contribution in [0.25, 0.3) is 0 Å². The molecule has 2 saturated heterocycles. The largest absolute Gasteiger partial charge is 0.375 e. The number of nitrogens with zero attached hydrogens (tertiary/aromatic N) is 3. The molecule has 1 saturated carbocycles. The zero-order chi connectivity index (χ0) is 17.6. The van der Waals surface area contributed by atoms with E-state index in [1.807, 2.05) is 16.7 Å². The SMILES string of the molecule is CC1CN(C(=O)CN2CCN(C(=O)NC3CCCCC3)CC2)CCO1. The molecule has 0 radical (unpaired) electrons. The van der Waals surface area contributed by atoms with Crippen LogP contribution in [0.3, 0.4) is 0 Å². The second-order valence-electron chi connectivity index (χ2n) is 7.57. The smallest absolute Gasteiger partial charge is 0.317 e. The summed E-state index contributed by atoms with van der Waals surface area (Å²) >= 11 is 0. The second-order valence-corrected chi connectivity index (χ2v) is 7.57. The number of hydrogen-bond donors (Lipinski definition) is 1. The van der Waals surface area contributed by atoms with Crippen molar-refractivity contribution in [2.75, 3.05) is 52.4 Å². The first-order valence-electron chi connectivity index (χ1n) is 9.79. The van der Waals surface area contributed by atoms with E-state index in [9.17, 15) is 9.59 Å². The molecule has 2 heterocycles. The average molecular weight is 352 g/mol. The standard InChI is InChI=1S/C18H32N4O3/c1-15-13-22(11-12-25-15)17(23)14-20-7-9-21(10-8-20)18(24)19-16-5-3-2-4-6-16/h15-16H,2-14H2,1H3,(H,19,24). The average Bonchev–Trinajstić information content (AvgIpc) is 2.63. The van der Waals surface area contributed by atoms with Gasteiger partial charge in [0.25, 0.3) is 0 Å². The Morgan fingerprint density at radius 2 is 1.72 bits per heavy atom. The number of amides is 3. The van der Waals surface area contributed by atoms with Gasteiger partial charge >= 0.3 is 6.03 Å². The molecule has 0 bridgehead atoms. The first-order chi connectivity index (χ1) is 12.1. The highest BCUT2D eigenvalue weighted by Gasteiger charge is 2.27. The van der Waals surface area contributed by atoms with E-state index in [1.165, 1.54) is 19.3 Å². The molecule has 0 spiro atoms. The van der Waals surface area contributed by atoms with Gasteiger partial charge in [-0.15, -0.1) is 0 Å². The Morgan fingerprint density at radius 3 is 2.40 bits per heavy atom. The fourth-order valence-corrected chi connectivity index (χ4v) is 3.96. The van der Waals surface area contributed by atoms with Gasteiger partial charge in [0.1, 0.15) is 0 Å². The quantitative estimate of drug-likeness (QED) is 0.819. The minimum Gasteiger partial charge on any atom is -0.375 e. The number of rotatable bonds is 3. The van der Waals surface area contributed by atoms with Gasteiger partial charge in [-0.25, -0.2) is 4.79 Å². The molecule has 25 heavy (non-hydrogen) atoms. The van der Waals surface area contributed by atoms with Crippen molar-refractivity contribution in [3.8, 4) is 0 Å². The highest BCUT2D eigenvalue weighted by Crippen LogP contribution is 2.17. The Bertz CT molecular complexity index is 459. The van der Waals surface area contributed by atoms with Gasteiger partial charge in [-0.2, -0.15) is 0 Å². The van der Waals surface area contributed by atoms with E-state index in [4.69, 9.17) is 4.74 Å². The summed E-state index contributed by atoms with van der Waals surface area (Å²) in [6, 6.07) is 0.420. The van der Waals surface area contributed by atoms with Crippen LogP contribution < -0.4 is 5.32 Å². The Balaban J connectivity index is 1.37. The minimum absolute atomic E-state index is 0.0693. The molecule has 7 nitrogen and oxygen atoms in total. The zero-order valence-electron chi connectivity index (χ0n) is 15.4. The Morgan fingerprint density at radius 1 is 1.00 bits per heavy atom. The maximum atomic E-state index is 12.4. The van der Waals surface area contributed by atoms with Crippen molar-refractivity contribution in [2.24, 2.45) is 0 Å². The molecule has 0 aromatic carbocycles. The van der Waals surface area contributed by atoms with Crippen molar-refractivity contribution in [3.05, 3.63) is 0 Å². The number of hydrogen-bond acceptors (Lipinski definition) is 4. The lowest BCUT2D eigenvalue weighted by Gasteiger charge is -2.37. The molecule has 3 aliphatic rings. The molecular weight excluding hydrogens is 320 g/mol. The fraction of sp³-hybridized carbons (Fsp3) is 0.889. The Hall–Kier alpha value is -1.34. The summed E-state index contributed by atoms with van der Waals surface area (Å²) in [7, 11) is 0. The molecule has 0 aromatic heterocycles. The van der Waals surface area contributed by atoms with Crippen molar-refractivity contribution in [3.63, 3.8) is 0 Å². The van der Waals surface area contributed by atoms with Crippen LogP contribution in [0.5, 0.6) is 0 Å². The van der Waals surface area contributed by atoms with E-state index in [0.29, 0.717) is 45.4 Å². The van der Waals surface area contributed by atoms with Crippen molar-refractivity contribution in [1.29, 1.82) is 0 Å². The first kappa shape index (κ1) is 18.5. The topological polar surface area (TPSA) is 65.1 Å². The van der Waals surface area contributed by atoms with Crippen LogP contribution in [-0.2, 0) is 9.53 Å². The van der Waals surface area contributed by atoms with Gasteiger partial charge in [-0.05, 0) is 19.8 Å². The number of carbonyl (C=O) groups is 2. The van der Waals surface area contributed by atoms with E-state index in [-0.39, 0.29) is 18.0 Å². The molecule has 0 aromatic rings. The van der Waals surface area contributed by atoms with E-state index < -0.39 is 0 Å². The van der Waals surface area contributed by atoms with Gasteiger partial charge in [0.05, 0.1) is 19.3 Å². The number of morpholine rings is 1. The van der Waals surface area contributed by atoms with Gasteiger partial charge in [-0.1, -0.05) is 19.3 Å². The Kier molecular flexibility index (Phi) is 6.53. The molecule has 1 N–H and O–H groups in total. The van der Waals surface area contributed by atoms with Crippen LogP contribution in [0.4, 0.5) is 4.79 Å². The van der Waals surface area contributed by atoms with Crippen LogP contribution in [-0.4, -0.2) is 91.2 Å². The molecule has 1 atom stereocenters. The number of piperazine rings is 1. The van der Waals surface area contributed by atoms with Gasteiger partial charge in [0.15, 0.2) is 0 Å². The molecule has 1 aliphatic carbocycles. The van der Waals surface area contributed by atoms with Crippen LogP contribution >= 0.6 is 0 Å². The van der Waals surface area contributed by atoms with Gasteiger partial charge in [0.2, 0.25) is 5.91 Å². The zero-order valence-corrected chi connectivity index (χ0v) is 15.4. The highest BCUT2D eigenvalue weighted by atomic mass is 16.5. The van der Waals surface area contributed by atoms with Crippen molar-refractivity contribution in [1.82, 2.24) is 20.0 Å². The summed E-state index contributed by atoms with van der Waals surface area (Å²) in [6.45, 7) is 7.38. The monoisotopic (exact) mass is 352 g/mol.